The number of anilines is 2. The highest BCUT2D eigenvalue weighted by Gasteiger charge is 2.23. The van der Waals surface area contributed by atoms with E-state index >= 15 is 0 Å². The fourth-order valence-corrected chi connectivity index (χ4v) is 3.27. The van der Waals surface area contributed by atoms with E-state index in [1.165, 1.54) is 33.6 Å². The van der Waals surface area contributed by atoms with Gasteiger partial charge in [0.2, 0.25) is 0 Å². The second-order valence-electron chi connectivity index (χ2n) is 5.49. The lowest BCUT2D eigenvalue weighted by molar-refractivity contribution is 0.862. The molecule has 0 aliphatic carbocycles. The summed E-state index contributed by atoms with van der Waals surface area (Å²) in [6.45, 7) is 6.48. The van der Waals surface area contributed by atoms with Crippen molar-refractivity contribution in [1.29, 1.82) is 0 Å². The van der Waals surface area contributed by atoms with E-state index in [9.17, 15) is 0 Å². The molecule has 0 spiro atoms. The Morgan fingerprint density at radius 2 is 1.90 bits per heavy atom. The Morgan fingerprint density at radius 1 is 1.10 bits per heavy atom. The van der Waals surface area contributed by atoms with Gasteiger partial charge >= 0.3 is 0 Å². The van der Waals surface area contributed by atoms with Crippen molar-refractivity contribution in [1.82, 2.24) is 0 Å². The van der Waals surface area contributed by atoms with Gasteiger partial charge in [-0.25, -0.2) is 0 Å². The van der Waals surface area contributed by atoms with Gasteiger partial charge in [0.05, 0.1) is 0 Å². The van der Waals surface area contributed by atoms with Crippen LogP contribution in [0.4, 0.5) is 11.4 Å². The molecule has 0 amide bonds. The summed E-state index contributed by atoms with van der Waals surface area (Å²) < 4.78 is 0. The van der Waals surface area contributed by atoms with E-state index in [4.69, 9.17) is 0 Å². The van der Waals surface area contributed by atoms with Gasteiger partial charge in [0.15, 0.2) is 0 Å². The minimum Gasteiger partial charge on any atom is -0.388 e. The number of hydrogen-bond acceptors (Lipinski definition) is 2. The summed E-state index contributed by atoms with van der Waals surface area (Å²) >= 11 is 0. The van der Waals surface area contributed by atoms with Crippen LogP contribution >= 0.6 is 0 Å². The summed E-state index contributed by atoms with van der Waals surface area (Å²) in [5.74, 6) is 0. The molecule has 3 rings (SSSR count). The molecular formula is C18H22N2. The Bertz CT molecular complexity index is 631. The van der Waals surface area contributed by atoms with Gasteiger partial charge in [0.1, 0.15) is 0 Å². The van der Waals surface area contributed by atoms with Gasteiger partial charge in [-0.05, 0) is 41.7 Å². The average molecular weight is 266 g/mol. The maximum absolute atomic E-state index is 3.32. The largest absolute Gasteiger partial charge is 0.388 e. The van der Waals surface area contributed by atoms with E-state index in [1.54, 1.807) is 0 Å². The Labute approximate surface area is 121 Å². The second-order valence-corrected chi connectivity index (χ2v) is 5.49. The second kappa shape index (κ2) is 5.20. The fourth-order valence-electron chi connectivity index (χ4n) is 3.27. The molecule has 0 unspecified atom stereocenters. The van der Waals surface area contributed by atoms with Crippen molar-refractivity contribution in [2.75, 3.05) is 17.3 Å². The van der Waals surface area contributed by atoms with Crippen molar-refractivity contribution in [3.8, 4) is 0 Å². The predicted molar refractivity (Wildman–Crippen MR) is 86.4 cm³/mol. The van der Waals surface area contributed by atoms with E-state index in [-0.39, 0.29) is 0 Å². The number of benzene rings is 2. The molecule has 1 aliphatic heterocycles. The van der Waals surface area contributed by atoms with E-state index in [0.717, 1.165) is 19.5 Å². The number of fused-ring (bicyclic) bond motifs is 1. The summed E-state index contributed by atoms with van der Waals surface area (Å²) in [4.78, 5) is 2.51. The molecule has 1 aliphatic rings. The standard InChI is InChI=1S/C18H22N2/c1-4-14-8-5-7-13(2)18(14)20-11-15-9-6-10-17(19-3)16(15)12-20/h5-10,19H,4,11-12H2,1-3H3. The highest BCUT2D eigenvalue weighted by atomic mass is 15.2. The molecule has 20 heavy (non-hydrogen) atoms. The summed E-state index contributed by atoms with van der Waals surface area (Å²) in [6.07, 6.45) is 1.09. The van der Waals surface area contributed by atoms with Gasteiger partial charge in [-0.1, -0.05) is 37.3 Å². The first-order chi connectivity index (χ1) is 9.74. The first-order valence-electron chi connectivity index (χ1n) is 7.36. The Hall–Kier alpha value is -1.96. The zero-order chi connectivity index (χ0) is 14.1. The molecule has 0 fully saturated rings. The fraction of sp³-hybridized carbons (Fsp3) is 0.333. The molecular weight excluding hydrogens is 244 g/mol. The summed E-state index contributed by atoms with van der Waals surface area (Å²) in [7, 11) is 2.00. The molecule has 2 nitrogen and oxygen atoms in total. The smallest absolute Gasteiger partial charge is 0.0457 e. The number of nitrogens with one attached hydrogen (secondary N) is 1. The SMILES string of the molecule is CCc1cccc(C)c1N1Cc2cccc(NC)c2C1. The van der Waals surface area contributed by atoms with Crippen molar-refractivity contribution >= 4 is 11.4 Å². The van der Waals surface area contributed by atoms with Crippen molar-refractivity contribution in [3.05, 3.63) is 58.7 Å². The highest BCUT2D eigenvalue weighted by Crippen LogP contribution is 2.36. The monoisotopic (exact) mass is 266 g/mol. The van der Waals surface area contributed by atoms with Crippen LogP contribution in [0.2, 0.25) is 0 Å². The van der Waals surface area contributed by atoms with E-state index in [1.807, 2.05) is 7.05 Å². The molecule has 0 radical (unpaired) electrons. The molecule has 1 N–H and O–H groups in total. The van der Waals surface area contributed by atoms with E-state index in [0.29, 0.717) is 0 Å². The molecule has 0 saturated carbocycles. The van der Waals surface area contributed by atoms with E-state index < -0.39 is 0 Å². The van der Waals surface area contributed by atoms with Crippen LogP contribution < -0.4 is 10.2 Å². The molecule has 2 aromatic carbocycles. The van der Waals surface area contributed by atoms with Gasteiger partial charge in [0, 0.05) is 31.5 Å². The zero-order valence-electron chi connectivity index (χ0n) is 12.5. The van der Waals surface area contributed by atoms with Crippen LogP contribution in [-0.2, 0) is 19.5 Å². The van der Waals surface area contributed by atoms with Gasteiger partial charge in [-0.2, -0.15) is 0 Å². The van der Waals surface area contributed by atoms with Crippen molar-refractivity contribution in [2.45, 2.75) is 33.4 Å². The number of hydrogen-bond donors (Lipinski definition) is 1. The molecule has 1 heterocycles. The molecule has 104 valence electrons. The van der Waals surface area contributed by atoms with Crippen LogP contribution in [0.15, 0.2) is 36.4 Å². The van der Waals surface area contributed by atoms with Gasteiger partial charge in [-0.3, -0.25) is 0 Å². The molecule has 0 saturated heterocycles. The molecule has 2 heteroatoms. The summed E-state index contributed by atoms with van der Waals surface area (Å²) in [5, 5.41) is 3.32. The maximum atomic E-state index is 3.32. The lowest BCUT2D eigenvalue weighted by Gasteiger charge is -2.23. The number of nitrogens with zero attached hydrogens (tertiary/aromatic N) is 1. The normalized spacial score (nSPS) is 13.4. The predicted octanol–water partition coefficient (Wildman–Crippen LogP) is 4.12. The molecule has 0 aromatic heterocycles. The third-order valence-corrected chi connectivity index (χ3v) is 4.27. The Morgan fingerprint density at radius 3 is 2.65 bits per heavy atom. The zero-order valence-corrected chi connectivity index (χ0v) is 12.5. The quantitative estimate of drug-likeness (QED) is 0.899. The molecule has 0 atom stereocenters. The van der Waals surface area contributed by atoms with Crippen LogP contribution in [0.3, 0.4) is 0 Å². The third-order valence-electron chi connectivity index (χ3n) is 4.27. The Balaban J connectivity index is 2.00. The minimum atomic E-state index is 1.00. The highest BCUT2D eigenvalue weighted by molar-refractivity contribution is 5.65. The number of rotatable bonds is 3. The van der Waals surface area contributed by atoms with Crippen LogP contribution in [0, 0.1) is 6.92 Å². The Kier molecular flexibility index (Phi) is 3.39. The lowest BCUT2D eigenvalue weighted by atomic mass is 10.0. The van der Waals surface area contributed by atoms with E-state index in [2.05, 4.69) is 60.5 Å². The lowest BCUT2D eigenvalue weighted by Crippen LogP contribution is -2.17. The average Bonchev–Trinajstić information content (AvgIpc) is 2.90. The third kappa shape index (κ3) is 2.05. The van der Waals surface area contributed by atoms with Crippen LogP contribution in [0.25, 0.3) is 0 Å². The minimum absolute atomic E-state index is 1.00. The van der Waals surface area contributed by atoms with Crippen molar-refractivity contribution in [3.63, 3.8) is 0 Å². The van der Waals surface area contributed by atoms with Gasteiger partial charge < -0.3 is 10.2 Å². The topological polar surface area (TPSA) is 15.3 Å². The molecule has 2 aromatic rings. The first-order valence-corrected chi connectivity index (χ1v) is 7.36. The summed E-state index contributed by atoms with van der Waals surface area (Å²) in [6, 6.07) is 13.2. The first kappa shape index (κ1) is 13.0. The van der Waals surface area contributed by atoms with Crippen LogP contribution in [-0.4, -0.2) is 7.05 Å². The van der Waals surface area contributed by atoms with Crippen LogP contribution in [0.5, 0.6) is 0 Å². The maximum Gasteiger partial charge on any atom is 0.0457 e. The van der Waals surface area contributed by atoms with Crippen molar-refractivity contribution in [2.24, 2.45) is 0 Å². The number of aryl methyl sites for hydroxylation is 2. The molecule has 0 bridgehead atoms. The van der Waals surface area contributed by atoms with Crippen LogP contribution in [0.1, 0.15) is 29.2 Å². The summed E-state index contributed by atoms with van der Waals surface area (Å²) in [5.41, 5.74) is 8.40. The van der Waals surface area contributed by atoms with Crippen molar-refractivity contribution < 1.29 is 0 Å². The van der Waals surface area contributed by atoms with Gasteiger partial charge in [0.25, 0.3) is 0 Å². The van der Waals surface area contributed by atoms with Gasteiger partial charge in [-0.15, -0.1) is 0 Å². The number of para-hydroxylation sites is 1.